The van der Waals surface area contributed by atoms with Crippen molar-refractivity contribution in [2.75, 3.05) is 0 Å². The van der Waals surface area contributed by atoms with Crippen molar-refractivity contribution in [3.63, 3.8) is 0 Å². The van der Waals surface area contributed by atoms with Gasteiger partial charge in [-0.25, -0.2) is 14.4 Å². The largest absolute Gasteiger partial charge is 0.462 e. The number of carbonyl (C=O) groups is 1. The number of carbonyl (C=O) groups excluding carboxylic acids is 1. The number of hydrogen-bond donors (Lipinski definition) is 0. The molecule has 7 heteroatoms. The third-order valence-electron chi connectivity index (χ3n) is 3.79. The Morgan fingerprint density at radius 1 is 1.29 bits per heavy atom. The second kappa shape index (κ2) is 6.14. The smallest absolute Gasteiger partial charge is 0.319 e. The predicted octanol–water partition coefficient (Wildman–Crippen LogP) is 4.29. The number of esters is 1. The summed E-state index contributed by atoms with van der Waals surface area (Å²) in [7, 11) is 0. The number of rotatable bonds is 3. The summed E-state index contributed by atoms with van der Waals surface area (Å²) in [6, 6.07) is 8.34. The van der Waals surface area contributed by atoms with Crippen molar-refractivity contribution in [2.24, 2.45) is 0 Å². The van der Waals surface area contributed by atoms with Crippen LogP contribution in [0.25, 0.3) is 20.7 Å². The Balaban J connectivity index is 1.69. The highest BCUT2D eigenvalue weighted by atomic mass is 32.2. The molecule has 0 saturated carbocycles. The average molecular weight is 360 g/mol. The fourth-order valence-electron chi connectivity index (χ4n) is 2.62. The molecule has 24 heavy (non-hydrogen) atoms. The summed E-state index contributed by atoms with van der Waals surface area (Å²) in [6.07, 6.45) is 2.14. The summed E-state index contributed by atoms with van der Waals surface area (Å²) in [6.45, 7) is 1.89. The van der Waals surface area contributed by atoms with E-state index >= 15 is 0 Å². The molecule has 3 heterocycles. The van der Waals surface area contributed by atoms with Gasteiger partial charge in [0.2, 0.25) is 0 Å². The van der Waals surface area contributed by atoms with E-state index in [-0.39, 0.29) is 23.1 Å². The summed E-state index contributed by atoms with van der Waals surface area (Å²) in [5.74, 6) is -0.445. The summed E-state index contributed by atoms with van der Waals surface area (Å²) in [5, 5.41) is 0.559. The zero-order valence-electron chi connectivity index (χ0n) is 12.7. The summed E-state index contributed by atoms with van der Waals surface area (Å²) in [5.41, 5.74) is 1.76. The minimum atomic E-state index is -0.259. The summed E-state index contributed by atoms with van der Waals surface area (Å²) < 4.78 is 19.2. The molecule has 0 bridgehead atoms. The highest BCUT2D eigenvalue weighted by Crippen LogP contribution is 2.40. The van der Waals surface area contributed by atoms with Crippen LogP contribution in [0, 0.1) is 5.82 Å². The monoisotopic (exact) mass is 360 g/mol. The zero-order valence-corrected chi connectivity index (χ0v) is 14.4. The molecule has 1 aliphatic heterocycles. The fraction of sp³-hybridized carbons (Fsp3) is 0.235. The number of halogens is 1. The normalized spacial score (nSPS) is 20.5. The van der Waals surface area contributed by atoms with Gasteiger partial charge in [0.15, 0.2) is 0 Å². The standard InChI is InChI=1S/C17H13FN2O2S2/c1-9-6-14(17(21)22-9)24-16-15-12(19-8-20-16)7-13(23-15)10-2-4-11(18)5-3-10/h2-5,7-9,14H,6H2,1H3. The van der Waals surface area contributed by atoms with Crippen LogP contribution < -0.4 is 0 Å². The van der Waals surface area contributed by atoms with Crippen molar-refractivity contribution in [3.8, 4) is 10.4 Å². The van der Waals surface area contributed by atoms with Crippen LogP contribution in [0.5, 0.6) is 0 Å². The van der Waals surface area contributed by atoms with Crippen LogP contribution >= 0.6 is 23.1 Å². The Morgan fingerprint density at radius 2 is 2.08 bits per heavy atom. The predicted molar refractivity (Wildman–Crippen MR) is 92.6 cm³/mol. The topological polar surface area (TPSA) is 52.1 Å². The molecule has 0 N–H and O–H groups in total. The molecular formula is C17H13FN2O2S2. The van der Waals surface area contributed by atoms with Crippen molar-refractivity contribution in [2.45, 2.75) is 29.7 Å². The number of thiophene rings is 1. The number of aromatic nitrogens is 2. The number of thioether (sulfide) groups is 1. The van der Waals surface area contributed by atoms with Crippen LogP contribution in [0.1, 0.15) is 13.3 Å². The van der Waals surface area contributed by atoms with Gasteiger partial charge >= 0.3 is 5.97 Å². The summed E-state index contributed by atoms with van der Waals surface area (Å²) in [4.78, 5) is 21.5. The van der Waals surface area contributed by atoms with Crippen molar-refractivity contribution < 1.29 is 13.9 Å². The van der Waals surface area contributed by atoms with E-state index in [1.54, 1.807) is 23.5 Å². The molecule has 0 spiro atoms. The second-order valence-corrected chi connectivity index (χ2v) is 7.84. The van der Waals surface area contributed by atoms with Gasteiger partial charge in [0.25, 0.3) is 0 Å². The highest BCUT2D eigenvalue weighted by Gasteiger charge is 2.33. The number of ether oxygens (including phenoxy) is 1. The van der Waals surface area contributed by atoms with Crippen LogP contribution in [-0.2, 0) is 9.53 Å². The molecule has 3 aromatic rings. The van der Waals surface area contributed by atoms with E-state index in [1.807, 2.05) is 13.0 Å². The molecule has 1 saturated heterocycles. The quantitative estimate of drug-likeness (QED) is 0.515. The molecule has 4 rings (SSSR count). The highest BCUT2D eigenvalue weighted by molar-refractivity contribution is 8.00. The molecule has 0 aliphatic carbocycles. The van der Waals surface area contributed by atoms with Gasteiger partial charge in [-0.05, 0) is 30.7 Å². The minimum absolute atomic E-state index is 0.0505. The molecule has 4 nitrogen and oxygen atoms in total. The maximum absolute atomic E-state index is 13.1. The van der Waals surface area contributed by atoms with Gasteiger partial charge in [0.1, 0.15) is 28.5 Å². The van der Waals surface area contributed by atoms with Crippen molar-refractivity contribution in [1.82, 2.24) is 9.97 Å². The van der Waals surface area contributed by atoms with E-state index in [1.165, 1.54) is 30.2 Å². The van der Waals surface area contributed by atoms with Crippen LogP contribution in [0.4, 0.5) is 4.39 Å². The van der Waals surface area contributed by atoms with Gasteiger partial charge < -0.3 is 4.74 Å². The first kappa shape index (κ1) is 15.5. The van der Waals surface area contributed by atoms with Crippen LogP contribution in [-0.4, -0.2) is 27.3 Å². The lowest BCUT2D eigenvalue weighted by Crippen LogP contribution is -2.09. The number of fused-ring (bicyclic) bond motifs is 1. The van der Waals surface area contributed by atoms with Crippen molar-refractivity contribution in [1.29, 1.82) is 0 Å². The Kier molecular flexibility index (Phi) is 3.97. The third-order valence-corrected chi connectivity index (χ3v) is 6.30. The molecule has 2 aromatic heterocycles. The molecule has 2 unspecified atom stereocenters. The molecule has 0 amide bonds. The van der Waals surface area contributed by atoms with Gasteiger partial charge in [-0.1, -0.05) is 23.9 Å². The molecular weight excluding hydrogens is 347 g/mol. The van der Waals surface area contributed by atoms with E-state index in [9.17, 15) is 9.18 Å². The Morgan fingerprint density at radius 3 is 2.79 bits per heavy atom. The SMILES string of the molecule is CC1CC(Sc2ncnc3cc(-c4ccc(F)cc4)sc23)C(=O)O1. The maximum Gasteiger partial charge on any atom is 0.319 e. The van der Waals surface area contributed by atoms with Gasteiger partial charge in [-0.2, -0.15) is 0 Å². The fourth-order valence-corrected chi connectivity index (χ4v) is 5.00. The van der Waals surface area contributed by atoms with Gasteiger partial charge in [0, 0.05) is 11.3 Å². The first-order valence-corrected chi connectivity index (χ1v) is 9.17. The first-order valence-electron chi connectivity index (χ1n) is 7.48. The van der Waals surface area contributed by atoms with E-state index in [0.29, 0.717) is 6.42 Å². The van der Waals surface area contributed by atoms with Crippen LogP contribution in [0.15, 0.2) is 41.7 Å². The Labute approximate surface area is 146 Å². The lowest BCUT2D eigenvalue weighted by atomic mass is 10.2. The zero-order chi connectivity index (χ0) is 16.7. The van der Waals surface area contributed by atoms with E-state index in [2.05, 4.69) is 9.97 Å². The first-order chi connectivity index (χ1) is 11.6. The van der Waals surface area contributed by atoms with Gasteiger partial charge in [-0.3, -0.25) is 4.79 Å². The van der Waals surface area contributed by atoms with Gasteiger partial charge in [-0.15, -0.1) is 11.3 Å². The Bertz CT molecular complexity index is 911. The summed E-state index contributed by atoms with van der Waals surface area (Å²) >= 11 is 2.98. The lowest BCUT2D eigenvalue weighted by molar-refractivity contribution is -0.140. The lowest BCUT2D eigenvalue weighted by Gasteiger charge is -2.04. The van der Waals surface area contributed by atoms with Crippen molar-refractivity contribution in [3.05, 3.63) is 42.5 Å². The molecule has 0 radical (unpaired) electrons. The second-order valence-electron chi connectivity index (χ2n) is 5.60. The number of hydrogen-bond acceptors (Lipinski definition) is 6. The van der Waals surface area contributed by atoms with Crippen molar-refractivity contribution >= 4 is 39.3 Å². The average Bonchev–Trinajstić information content (AvgIpc) is 3.12. The third kappa shape index (κ3) is 2.89. The van der Waals surface area contributed by atoms with Crippen LogP contribution in [0.3, 0.4) is 0 Å². The van der Waals surface area contributed by atoms with Crippen LogP contribution in [0.2, 0.25) is 0 Å². The van der Waals surface area contributed by atoms with E-state index < -0.39 is 0 Å². The molecule has 1 fully saturated rings. The van der Waals surface area contributed by atoms with E-state index in [4.69, 9.17) is 4.74 Å². The number of nitrogens with zero attached hydrogens (tertiary/aromatic N) is 2. The number of cyclic esters (lactones) is 1. The van der Waals surface area contributed by atoms with Gasteiger partial charge in [0.05, 0.1) is 10.2 Å². The Hall–Kier alpha value is -1.99. The molecule has 122 valence electrons. The number of benzene rings is 1. The van der Waals surface area contributed by atoms with E-state index in [0.717, 1.165) is 25.7 Å². The maximum atomic E-state index is 13.1. The molecule has 1 aromatic carbocycles. The molecule has 2 atom stereocenters. The minimum Gasteiger partial charge on any atom is -0.462 e. The molecule has 1 aliphatic rings.